The fourth-order valence-electron chi connectivity index (χ4n) is 4.73. The predicted molar refractivity (Wildman–Crippen MR) is 84.0 cm³/mol. The molecule has 2 aliphatic carbocycles. The molecule has 0 aliphatic heterocycles. The van der Waals surface area contributed by atoms with Crippen molar-refractivity contribution in [1.29, 1.82) is 0 Å². The molecule has 2 aliphatic rings. The molecule has 0 N–H and O–H groups in total. The Hall–Kier alpha value is -1.31. The first-order valence-corrected chi connectivity index (χ1v) is 8.27. The van der Waals surface area contributed by atoms with Gasteiger partial charge in [-0.3, -0.25) is 4.79 Å². The molecule has 0 aromatic carbocycles. The van der Waals surface area contributed by atoms with Gasteiger partial charge in [-0.15, -0.1) is 0 Å². The summed E-state index contributed by atoms with van der Waals surface area (Å²) in [6.07, 6.45) is 10.1. The van der Waals surface area contributed by atoms with Crippen LogP contribution in [0, 0.1) is 17.3 Å². The van der Waals surface area contributed by atoms with Crippen molar-refractivity contribution in [2.45, 2.75) is 59.3 Å². The minimum Gasteiger partial charge on any atom is -0.472 e. The maximum Gasteiger partial charge on any atom is 0.158 e. The summed E-state index contributed by atoms with van der Waals surface area (Å²) < 4.78 is 5.17. The van der Waals surface area contributed by atoms with Gasteiger partial charge in [0.15, 0.2) is 5.78 Å². The van der Waals surface area contributed by atoms with Gasteiger partial charge in [-0.2, -0.15) is 0 Å². The number of hydrogen-bond donors (Lipinski definition) is 0. The molecular weight excluding hydrogens is 260 g/mol. The van der Waals surface area contributed by atoms with Crippen LogP contribution in [0.5, 0.6) is 0 Å². The molecule has 1 aromatic rings. The summed E-state index contributed by atoms with van der Waals surface area (Å²) in [4.78, 5) is 12.4. The third-order valence-electron chi connectivity index (χ3n) is 6.07. The van der Waals surface area contributed by atoms with Gasteiger partial charge in [0, 0.05) is 6.42 Å². The van der Waals surface area contributed by atoms with Crippen molar-refractivity contribution in [2.24, 2.45) is 17.3 Å². The van der Waals surface area contributed by atoms with Crippen molar-refractivity contribution in [1.82, 2.24) is 0 Å². The molecule has 0 amide bonds. The highest BCUT2D eigenvalue weighted by molar-refractivity contribution is 5.97. The van der Waals surface area contributed by atoms with E-state index in [2.05, 4.69) is 13.8 Å². The van der Waals surface area contributed by atoms with Crippen LogP contribution in [-0.2, 0) is 11.2 Å². The molecule has 0 radical (unpaired) electrons. The summed E-state index contributed by atoms with van der Waals surface area (Å²) in [5, 5.41) is 0. The lowest BCUT2D eigenvalue weighted by Crippen LogP contribution is -2.43. The van der Waals surface area contributed by atoms with Crippen LogP contribution >= 0.6 is 0 Å². The highest BCUT2D eigenvalue weighted by Crippen LogP contribution is 2.55. The van der Waals surface area contributed by atoms with E-state index in [0.717, 1.165) is 24.8 Å². The number of rotatable bonds is 3. The van der Waals surface area contributed by atoms with Gasteiger partial charge in [-0.25, -0.2) is 0 Å². The summed E-state index contributed by atoms with van der Waals surface area (Å²) >= 11 is 0. The lowest BCUT2D eigenvalue weighted by molar-refractivity contribution is -0.119. The average Bonchev–Trinajstić information content (AvgIpc) is 2.95. The zero-order valence-electron chi connectivity index (χ0n) is 13.4. The normalized spacial score (nSPS) is 33.2. The summed E-state index contributed by atoms with van der Waals surface area (Å²) in [5.41, 5.74) is 3.94. The SMILES string of the molecule is CC1=C(CCc2ccoc2)C2(C)CCCC(C)C2CC1=O. The molecule has 2 heteroatoms. The van der Waals surface area contributed by atoms with E-state index in [1.54, 1.807) is 6.26 Å². The lowest BCUT2D eigenvalue weighted by Gasteiger charge is -2.50. The second-order valence-electron chi connectivity index (χ2n) is 7.26. The number of hydrogen-bond acceptors (Lipinski definition) is 2. The first kappa shape index (κ1) is 14.6. The van der Waals surface area contributed by atoms with E-state index in [-0.39, 0.29) is 5.41 Å². The van der Waals surface area contributed by atoms with Gasteiger partial charge in [0.2, 0.25) is 0 Å². The van der Waals surface area contributed by atoms with E-state index < -0.39 is 0 Å². The Kier molecular flexibility index (Phi) is 3.81. The molecule has 2 nitrogen and oxygen atoms in total. The van der Waals surface area contributed by atoms with Crippen LogP contribution in [0.2, 0.25) is 0 Å². The maximum absolute atomic E-state index is 12.4. The number of carbonyl (C=O) groups is 1. The van der Waals surface area contributed by atoms with Crippen LogP contribution in [0.25, 0.3) is 0 Å². The van der Waals surface area contributed by atoms with Crippen molar-refractivity contribution >= 4 is 5.78 Å². The summed E-state index contributed by atoms with van der Waals surface area (Å²) in [7, 11) is 0. The quantitative estimate of drug-likeness (QED) is 0.787. The van der Waals surface area contributed by atoms with Crippen LogP contribution in [0.4, 0.5) is 0 Å². The molecule has 3 rings (SSSR count). The van der Waals surface area contributed by atoms with Crippen molar-refractivity contribution in [3.05, 3.63) is 35.3 Å². The van der Waals surface area contributed by atoms with E-state index in [1.807, 2.05) is 19.3 Å². The number of carbonyl (C=O) groups excluding carboxylic acids is 1. The van der Waals surface area contributed by atoms with Crippen LogP contribution in [-0.4, -0.2) is 5.78 Å². The summed E-state index contributed by atoms with van der Waals surface area (Å²) in [5.74, 6) is 1.60. The van der Waals surface area contributed by atoms with Gasteiger partial charge < -0.3 is 4.42 Å². The van der Waals surface area contributed by atoms with Crippen molar-refractivity contribution in [3.63, 3.8) is 0 Å². The molecular formula is C19H26O2. The second-order valence-corrected chi connectivity index (χ2v) is 7.26. The molecule has 3 atom stereocenters. The minimum atomic E-state index is 0.236. The number of furan rings is 1. The Bertz CT molecular complexity index is 552. The Labute approximate surface area is 127 Å². The Balaban J connectivity index is 1.89. The third-order valence-corrected chi connectivity index (χ3v) is 6.07. The van der Waals surface area contributed by atoms with E-state index in [9.17, 15) is 4.79 Å². The third kappa shape index (κ3) is 2.49. The molecule has 1 saturated carbocycles. The minimum absolute atomic E-state index is 0.236. The number of ketones is 1. The Morgan fingerprint density at radius 3 is 2.90 bits per heavy atom. The van der Waals surface area contributed by atoms with Crippen LogP contribution < -0.4 is 0 Å². The van der Waals surface area contributed by atoms with E-state index in [4.69, 9.17) is 4.42 Å². The van der Waals surface area contributed by atoms with Gasteiger partial charge >= 0.3 is 0 Å². The van der Waals surface area contributed by atoms with Gasteiger partial charge in [-0.1, -0.05) is 32.3 Å². The fourth-order valence-corrected chi connectivity index (χ4v) is 4.73. The lowest BCUT2D eigenvalue weighted by atomic mass is 9.54. The fraction of sp³-hybridized carbons (Fsp3) is 0.632. The molecule has 1 aromatic heterocycles. The highest BCUT2D eigenvalue weighted by Gasteiger charge is 2.47. The van der Waals surface area contributed by atoms with Crippen LogP contribution in [0.15, 0.2) is 34.2 Å². The van der Waals surface area contributed by atoms with E-state index in [0.29, 0.717) is 17.6 Å². The van der Waals surface area contributed by atoms with Crippen molar-refractivity contribution in [3.8, 4) is 0 Å². The first-order chi connectivity index (χ1) is 10.0. The van der Waals surface area contributed by atoms with Crippen molar-refractivity contribution in [2.75, 3.05) is 0 Å². The molecule has 114 valence electrons. The molecule has 0 bridgehead atoms. The standard InChI is InChI=1S/C19H26O2/c1-13-5-4-9-19(3)16(7-6-15-8-10-21-12-15)14(2)18(20)11-17(13)19/h8,10,12-13,17H,4-7,9,11H2,1-3H3. The van der Waals surface area contributed by atoms with Gasteiger partial charge in [0.1, 0.15) is 0 Å². The maximum atomic E-state index is 12.4. The molecule has 1 fully saturated rings. The Morgan fingerprint density at radius 2 is 2.19 bits per heavy atom. The smallest absolute Gasteiger partial charge is 0.158 e. The van der Waals surface area contributed by atoms with Crippen LogP contribution in [0.3, 0.4) is 0 Å². The monoisotopic (exact) mass is 286 g/mol. The average molecular weight is 286 g/mol. The van der Waals surface area contributed by atoms with E-state index in [1.165, 1.54) is 30.4 Å². The molecule has 21 heavy (non-hydrogen) atoms. The van der Waals surface area contributed by atoms with Gasteiger partial charge in [0.25, 0.3) is 0 Å². The number of aryl methyl sites for hydroxylation is 1. The Morgan fingerprint density at radius 1 is 1.38 bits per heavy atom. The first-order valence-electron chi connectivity index (χ1n) is 8.27. The summed E-state index contributed by atoms with van der Waals surface area (Å²) in [6, 6.07) is 2.03. The molecule has 1 heterocycles. The number of allylic oxidation sites excluding steroid dienone is 2. The van der Waals surface area contributed by atoms with Crippen molar-refractivity contribution < 1.29 is 9.21 Å². The van der Waals surface area contributed by atoms with E-state index >= 15 is 0 Å². The second kappa shape index (κ2) is 5.47. The highest BCUT2D eigenvalue weighted by atomic mass is 16.3. The zero-order chi connectivity index (χ0) is 15.0. The molecule has 3 unspecified atom stereocenters. The zero-order valence-corrected chi connectivity index (χ0v) is 13.4. The van der Waals surface area contributed by atoms with Gasteiger partial charge in [0.05, 0.1) is 12.5 Å². The predicted octanol–water partition coefficient (Wildman–Crippen LogP) is 4.94. The topological polar surface area (TPSA) is 30.2 Å². The number of Topliss-reactive ketones (excluding diaryl/α,β-unsaturated/α-hetero) is 1. The van der Waals surface area contributed by atoms with Gasteiger partial charge in [-0.05, 0) is 60.6 Å². The molecule has 0 spiro atoms. The van der Waals surface area contributed by atoms with Crippen LogP contribution in [0.1, 0.15) is 58.4 Å². The largest absolute Gasteiger partial charge is 0.472 e. The summed E-state index contributed by atoms with van der Waals surface area (Å²) in [6.45, 7) is 6.80. The molecule has 0 saturated heterocycles. The number of fused-ring (bicyclic) bond motifs is 1.